The number of hydrogen-bond acceptors (Lipinski definition) is 0. The molecule has 0 amide bonds. The molecule has 1 radical (unpaired) electrons. The molecular weight excluding hydrogens is 278 g/mol. The van der Waals surface area contributed by atoms with Crippen LogP contribution in [0.5, 0.6) is 0 Å². The predicted molar refractivity (Wildman–Crippen MR) is 63.4 cm³/mol. The largest absolute Gasteiger partial charge is 0.206 e. The number of hydrogen-bond donors (Lipinski definition) is 0. The van der Waals surface area contributed by atoms with Gasteiger partial charge in [-0.25, -0.2) is 4.39 Å². The second-order valence-electron chi connectivity index (χ2n) is 3.02. The minimum atomic E-state index is -0.369. The zero-order valence-electron chi connectivity index (χ0n) is 7.60. The second kappa shape index (κ2) is 4.33. The van der Waals surface area contributed by atoms with Crippen molar-refractivity contribution in [3.8, 4) is 11.1 Å². The van der Waals surface area contributed by atoms with Crippen LogP contribution in [0.4, 0.5) is 4.39 Å². The van der Waals surface area contributed by atoms with Gasteiger partial charge in [0, 0.05) is 21.1 Å². The lowest BCUT2D eigenvalue weighted by molar-refractivity contribution is 0.628. The summed E-state index contributed by atoms with van der Waals surface area (Å²) >= 11 is 9.07. The van der Waals surface area contributed by atoms with Crippen LogP contribution in [-0.4, -0.2) is 0 Å². The summed E-state index contributed by atoms with van der Waals surface area (Å²) in [6, 6.07) is 12.8. The molecule has 0 unspecified atom stereocenters. The van der Waals surface area contributed by atoms with Crippen LogP contribution in [0.3, 0.4) is 0 Å². The zero-order valence-corrected chi connectivity index (χ0v) is 9.94. The first kappa shape index (κ1) is 10.7. The van der Waals surface area contributed by atoms with Gasteiger partial charge in [0.2, 0.25) is 0 Å². The molecule has 75 valence electrons. The molecule has 0 aromatic heterocycles. The molecule has 15 heavy (non-hydrogen) atoms. The van der Waals surface area contributed by atoms with Crippen molar-refractivity contribution in [2.75, 3.05) is 0 Å². The lowest BCUT2D eigenvalue weighted by Crippen LogP contribution is -1.85. The van der Waals surface area contributed by atoms with Crippen LogP contribution < -0.4 is 0 Å². The van der Waals surface area contributed by atoms with Crippen LogP contribution in [0.1, 0.15) is 0 Å². The zero-order chi connectivity index (χ0) is 10.8. The normalized spacial score (nSPS) is 10.3. The summed E-state index contributed by atoms with van der Waals surface area (Å²) in [5.41, 5.74) is 1.29. The molecule has 0 aliphatic carbocycles. The maximum atomic E-state index is 13.5. The topological polar surface area (TPSA) is 0 Å². The van der Waals surface area contributed by atoms with E-state index in [0.717, 1.165) is 5.56 Å². The molecule has 0 saturated heterocycles. The minimum Gasteiger partial charge on any atom is -0.206 e. The van der Waals surface area contributed by atoms with Crippen molar-refractivity contribution < 1.29 is 4.39 Å². The van der Waals surface area contributed by atoms with Crippen molar-refractivity contribution in [2.45, 2.75) is 0 Å². The highest BCUT2D eigenvalue weighted by atomic mass is 79.9. The van der Waals surface area contributed by atoms with E-state index in [1.165, 1.54) is 0 Å². The molecule has 0 saturated carbocycles. The fraction of sp³-hybridized carbons (Fsp3) is 0. The van der Waals surface area contributed by atoms with Crippen molar-refractivity contribution in [1.29, 1.82) is 0 Å². The van der Waals surface area contributed by atoms with E-state index in [4.69, 9.17) is 11.6 Å². The van der Waals surface area contributed by atoms with Gasteiger partial charge in [-0.05, 0) is 23.8 Å². The summed E-state index contributed by atoms with van der Waals surface area (Å²) in [6.07, 6.45) is 0. The van der Waals surface area contributed by atoms with E-state index in [9.17, 15) is 4.39 Å². The first-order valence-electron chi connectivity index (χ1n) is 4.30. The van der Waals surface area contributed by atoms with Crippen molar-refractivity contribution in [1.82, 2.24) is 0 Å². The first-order chi connectivity index (χ1) is 7.18. The molecule has 0 heterocycles. The summed E-state index contributed by atoms with van der Waals surface area (Å²) in [7, 11) is 0. The van der Waals surface area contributed by atoms with Crippen LogP contribution in [0.15, 0.2) is 40.9 Å². The van der Waals surface area contributed by atoms with Crippen LogP contribution in [0.25, 0.3) is 11.1 Å². The van der Waals surface area contributed by atoms with E-state index in [0.29, 0.717) is 15.1 Å². The Bertz CT molecular complexity index is 459. The maximum absolute atomic E-state index is 13.5. The molecule has 0 N–H and O–H groups in total. The predicted octanol–water partition coefficient (Wildman–Crippen LogP) is 4.71. The van der Waals surface area contributed by atoms with E-state index >= 15 is 0 Å². The van der Waals surface area contributed by atoms with E-state index in [-0.39, 0.29) is 5.82 Å². The van der Waals surface area contributed by atoms with Crippen LogP contribution in [-0.2, 0) is 0 Å². The summed E-state index contributed by atoms with van der Waals surface area (Å²) in [4.78, 5) is 0. The number of halogens is 3. The molecule has 0 bridgehead atoms. The summed E-state index contributed by atoms with van der Waals surface area (Å²) in [5, 5.41) is 0.634. The first-order valence-corrected chi connectivity index (χ1v) is 5.47. The molecule has 2 aromatic carbocycles. The van der Waals surface area contributed by atoms with Crippen molar-refractivity contribution >= 4 is 27.5 Å². The molecule has 0 nitrogen and oxygen atoms in total. The van der Waals surface area contributed by atoms with Crippen LogP contribution >= 0.6 is 27.5 Å². The Morgan fingerprint density at radius 1 is 1.13 bits per heavy atom. The highest BCUT2D eigenvalue weighted by Gasteiger charge is 2.08. The number of benzene rings is 2. The average molecular weight is 285 g/mol. The van der Waals surface area contributed by atoms with Gasteiger partial charge in [-0.3, -0.25) is 0 Å². The fourth-order valence-corrected chi connectivity index (χ4v) is 1.99. The molecular formula is C12H6BrClF. The summed E-state index contributed by atoms with van der Waals surface area (Å²) in [5.74, 6) is -0.369. The van der Waals surface area contributed by atoms with Gasteiger partial charge in [-0.15, -0.1) is 0 Å². The van der Waals surface area contributed by atoms with Crippen molar-refractivity contribution in [2.24, 2.45) is 0 Å². The van der Waals surface area contributed by atoms with Crippen molar-refractivity contribution in [3.63, 3.8) is 0 Å². The minimum absolute atomic E-state index is 0.369. The third-order valence-corrected chi connectivity index (χ3v) is 2.94. The van der Waals surface area contributed by atoms with Crippen molar-refractivity contribution in [3.05, 3.63) is 57.8 Å². The smallest absolute Gasteiger partial charge is 0.140 e. The molecule has 3 heteroatoms. The Morgan fingerprint density at radius 3 is 2.40 bits per heavy atom. The van der Waals surface area contributed by atoms with Gasteiger partial charge in [0.05, 0.1) is 0 Å². The number of rotatable bonds is 1. The lowest BCUT2D eigenvalue weighted by atomic mass is 10.1. The molecule has 0 atom stereocenters. The Balaban J connectivity index is 2.58. The lowest BCUT2D eigenvalue weighted by Gasteiger charge is -2.05. The molecule has 2 aromatic rings. The van der Waals surface area contributed by atoms with Gasteiger partial charge in [0.1, 0.15) is 5.82 Å². The quantitative estimate of drug-likeness (QED) is 0.711. The van der Waals surface area contributed by atoms with Crippen LogP contribution in [0, 0.1) is 11.9 Å². The van der Waals surface area contributed by atoms with Gasteiger partial charge in [-0.2, -0.15) is 0 Å². The molecule has 0 fully saturated rings. The Hall–Kier alpha value is -0.860. The van der Waals surface area contributed by atoms with Gasteiger partial charge < -0.3 is 0 Å². The third kappa shape index (κ3) is 2.21. The third-order valence-electron chi connectivity index (χ3n) is 2.03. The maximum Gasteiger partial charge on any atom is 0.140 e. The Morgan fingerprint density at radius 2 is 1.80 bits per heavy atom. The summed E-state index contributed by atoms with van der Waals surface area (Å²) < 4.78 is 14.2. The van der Waals surface area contributed by atoms with E-state index in [2.05, 4.69) is 22.0 Å². The highest BCUT2D eigenvalue weighted by Crippen LogP contribution is 2.31. The molecule has 0 aliphatic heterocycles. The summed E-state index contributed by atoms with van der Waals surface area (Å²) in [6.45, 7) is 0. The van der Waals surface area contributed by atoms with Gasteiger partial charge in [0.25, 0.3) is 0 Å². The molecule has 2 rings (SSSR count). The monoisotopic (exact) mass is 283 g/mol. The molecule has 0 aliphatic rings. The van der Waals surface area contributed by atoms with Crippen LogP contribution in [0.2, 0.25) is 5.02 Å². The van der Waals surface area contributed by atoms with E-state index in [1.807, 2.05) is 0 Å². The SMILES string of the molecule is Fc1[c]ccc(Br)c1-c1ccc(Cl)cc1. The average Bonchev–Trinajstić information content (AvgIpc) is 2.20. The standard InChI is InChI=1S/C12H6BrClF/c13-10-2-1-3-11(15)12(10)8-4-6-9(14)7-5-8/h1-2,4-7H. The Labute approximate surface area is 101 Å². The van der Waals surface area contributed by atoms with Gasteiger partial charge in [-0.1, -0.05) is 45.7 Å². The molecule has 0 spiro atoms. The fourth-order valence-electron chi connectivity index (χ4n) is 1.33. The Kier molecular flexibility index (Phi) is 3.08. The van der Waals surface area contributed by atoms with Gasteiger partial charge in [0.15, 0.2) is 0 Å². The van der Waals surface area contributed by atoms with E-state index in [1.54, 1.807) is 36.4 Å². The highest BCUT2D eigenvalue weighted by molar-refractivity contribution is 9.10. The van der Waals surface area contributed by atoms with Gasteiger partial charge >= 0.3 is 0 Å². The van der Waals surface area contributed by atoms with E-state index < -0.39 is 0 Å². The second-order valence-corrected chi connectivity index (χ2v) is 4.31.